The number of hydrogen-bond acceptors (Lipinski definition) is 2. The summed E-state index contributed by atoms with van der Waals surface area (Å²) < 4.78 is 15.4. The summed E-state index contributed by atoms with van der Waals surface area (Å²) in [7, 11) is 0. The number of benzene rings is 1. The van der Waals surface area contributed by atoms with Crippen LogP contribution in [-0.2, 0) is 18.4 Å². The molecule has 3 rings (SSSR count). The number of alkyl halides is 1. The van der Waals surface area contributed by atoms with Gasteiger partial charge in [0.2, 0.25) is 0 Å². The third kappa shape index (κ3) is 2.03. The molecule has 2 heterocycles. The zero-order valence-electron chi connectivity index (χ0n) is 9.81. The highest BCUT2D eigenvalue weighted by molar-refractivity contribution is 9.08. The van der Waals surface area contributed by atoms with Gasteiger partial charge in [-0.25, -0.2) is 9.37 Å². The minimum absolute atomic E-state index is 0.188. The van der Waals surface area contributed by atoms with Crippen LogP contribution in [0, 0.1) is 5.82 Å². The van der Waals surface area contributed by atoms with Gasteiger partial charge >= 0.3 is 0 Å². The number of rotatable bonds is 2. The highest BCUT2D eigenvalue weighted by atomic mass is 79.9. The van der Waals surface area contributed by atoms with E-state index in [0.29, 0.717) is 5.33 Å². The Bertz CT molecular complexity index is 567. The largest absolute Gasteiger partial charge is 0.362 e. The number of imidazole rings is 1. The fourth-order valence-electron chi connectivity index (χ4n) is 2.35. The molecule has 0 spiro atoms. The first-order chi connectivity index (χ1) is 8.78. The van der Waals surface area contributed by atoms with Gasteiger partial charge in [-0.15, -0.1) is 0 Å². The molecule has 0 radical (unpaired) electrons. The summed E-state index contributed by atoms with van der Waals surface area (Å²) >= 11 is 3.42. The summed E-state index contributed by atoms with van der Waals surface area (Å²) in [6.07, 6.45) is 3.83. The molecular weight excluding hydrogens is 297 g/mol. The molecule has 0 N–H and O–H groups in total. The van der Waals surface area contributed by atoms with E-state index in [9.17, 15) is 4.39 Å². The molecule has 1 aliphatic rings. The van der Waals surface area contributed by atoms with Gasteiger partial charge in [0, 0.05) is 36.5 Å². The van der Waals surface area contributed by atoms with Crippen molar-refractivity contribution in [2.75, 3.05) is 11.4 Å². The van der Waals surface area contributed by atoms with Crippen LogP contribution in [-0.4, -0.2) is 16.1 Å². The summed E-state index contributed by atoms with van der Waals surface area (Å²) in [6, 6.07) is 4.96. The molecular formula is C13H13BrFN3. The maximum atomic E-state index is 13.2. The molecule has 5 heteroatoms. The molecule has 94 valence electrons. The lowest BCUT2D eigenvalue weighted by atomic mass is 10.1. The number of aromatic nitrogens is 2. The van der Waals surface area contributed by atoms with Gasteiger partial charge in [0.1, 0.15) is 11.6 Å². The lowest BCUT2D eigenvalue weighted by Crippen LogP contribution is -2.34. The van der Waals surface area contributed by atoms with Crippen molar-refractivity contribution in [3.8, 4) is 0 Å². The predicted octanol–water partition coefficient (Wildman–Crippen LogP) is 2.94. The van der Waals surface area contributed by atoms with Crippen molar-refractivity contribution < 1.29 is 4.39 Å². The fourth-order valence-corrected chi connectivity index (χ4v) is 2.80. The predicted molar refractivity (Wildman–Crippen MR) is 72.3 cm³/mol. The monoisotopic (exact) mass is 309 g/mol. The van der Waals surface area contributed by atoms with Crippen molar-refractivity contribution in [2.45, 2.75) is 18.4 Å². The minimum Gasteiger partial charge on any atom is -0.362 e. The van der Waals surface area contributed by atoms with Crippen LogP contribution in [0.15, 0.2) is 30.6 Å². The van der Waals surface area contributed by atoms with E-state index in [1.807, 2.05) is 18.5 Å². The lowest BCUT2D eigenvalue weighted by molar-refractivity contribution is 0.558. The van der Waals surface area contributed by atoms with Crippen molar-refractivity contribution in [1.29, 1.82) is 0 Å². The van der Waals surface area contributed by atoms with Gasteiger partial charge < -0.3 is 9.47 Å². The van der Waals surface area contributed by atoms with Crippen molar-refractivity contribution in [3.63, 3.8) is 0 Å². The number of halogens is 2. The highest BCUT2D eigenvalue weighted by Crippen LogP contribution is 2.26. The number of fused-ring (bicyclic) bond motifs is 1. The van der Waals surface area contributed by atoms with Gasteiger partial charge in [0.15, 0.2) is 0 Å². The molecule has 1 aliphatic heterocycles. The Balaban J connectivity index is 1.93. The Morgan fingerprint density at radius 3 is 3.06 bits per heavy atom. The van der Waals surface area contributed by atoms with E-state index in [-0.39, 0.29) is 5.82 Å². The quantitative estimate of drug-likeness (QED) is 0.795. The summed E-state index contributed by atoms with van der Waals surface area (Å²) in [5, 5.41) is 0.658. The van der Waals surface area contributed by atoms with E-state index >= 15 is 0 Å². The zero-order valence-corrected chi connectivity index (χ0v) is 11.4. The standard InChI is InChI=1S/C13H13BrFN3/c14-8-10-7-11(15)1-2-12(10)18-6-5-17-4-3-16-13(17)9-18/h1-4,7H,5-6,8-9H2. The van der Waals surface area contributed by atoms with E-state index < -0.39 is 0 Å². The van der Waals surface area contributed by atoms with E-state index in [0.717, 1.165) is 36.7 Å². The number of anilines is 1. The molecule has 0 atom stereocenters. The Kier molecular flexibility index (Phi) is 3.07. The second-order valence-corrected chi connectivity index (χ2v) is 4.93. The second kappa shape index (κ2) is 4.72. The third-order valence-corrected chi connectivity index (χ3v) is 3.88. The Morgan fingerprint density at radius 2 is 2.22 bits per heavy atom. The number of nitrogens with zero attached hydrogens (tertiary/aromatic N) is 3. The van der Waals surface area contributed by atoms with E-state index in [1.54, 1.807) is 6.07 Å². The molecule has 0 saturated heterocycles. The first kappa shape index (κ1) is 11.7. The summed E-state index contributed by atoms with van der Waals surface area (Å²) in [4.78, 5) is 6.59. The van der Waals surface area contributed by atoms with Crippen molar-refractivity contribution in [3.05, 3.63) is 47.8 Å². The normalized spacial score (nSPS) is 14.7. The van der Waals surface area contributed by atoms with Gasteiger partial charge in [-0.1, -0.05) is 15.9 Å². The molecule has 1 aromatic carbocycles. The first-order valence-electron chi connectivity index (χ1n) is 5.87. The molecule has 3 nitrogen and oxygen atoms in total. The molecule has 0 saturated carbocycles. The van der Waals surface area contributed by atoms with Crippen molar-refractivity contribution >= 4 is 21.6 Å². The Hall–Kier alpha value is -1.36. The Labute approximate surface area is 113 Å². The van der Waals surface area contributed by atoms with Crippen LogP contribution in [0.2, 0.25) is 0 Å². The topological polar surface area (TPSA) is 21.1 Å². The average Bonchev–Trinajstić information content (AvgIpc) is 2.85. The first-order valence-corrected chi connectivity index (χ1v) is 6.99. The van der Waals surface area contributed by atoms with Crippen LogP contribution in [0.25, 0.3) is 0 Å². The second-order valence-electron chi connectivity index (χ2n) is 4.37. The van der Waals surface area contributed by atoms with Crippen LogP contribution >= 0.6 is 15.9 Å². The lowest BCUT2D eigenvalue weighted by Gasteiger charge is -2.31. The molecule has 1 aromatic heterocycles. The summed E-state index contributed by atoms with van der Waals surface area (Å²) in [5.41, 5.74) is 2.07. The third-order valence-electron chi connectivity index (χ3n) is 3.27. The highest BCUT2D eigenvalue weighted by Gasteiger charge is 2.19. The molecule has 2 aromatic rings. The van der Waals surface area contributed by atoms with Crippen LogP contribution in [0.1, 0.15) is 11.4 Å². The molecule has 0 unspecified atom stereocenters. The zero-order chi connectivity index (χ0) is 12.5. The molecule has 0 bridgehead atoms. The molecule has 0 aliphatic carbocycles. The summed E-state index contributed by atoms with van der Waals surface area (Å²) in [6.45, 7) is 2.63. The van der Waals surface area contributed by atoms with E-state index in [1.165, 1.54) is 6.07 Å². The Morgan fingerprint density at radius 1 is 1.33 bits per heavy atom. The smallest absolute Gasteiger partial charge is 0.128 e. The minimum atomic E-state index is -0.188. The fraction of sp³-hybridized carbons (Fsp3) is 0.308. The van der Waals surface area contributed by atoms with Crippen LogP contribution in [0.4, 0.5) is 10.1 Å². The van der Waals surface area contributed by atoms with E-state index in [2.05, 4.69) is 30.4 Å². The van der Waals surface area contributed by atoms with Gasteiger partial charge in [-0.2, -0.15) is 0 Å². The van der Waals surface area contributed by atoms with Crippen molar-refractivity contribution in [1.82, 2.24) is 9.55 Å². The maximum absolute atomic E-state index is 13.2. The van der Waals surface area contributed by atoms with Crippen LogP contribution in [0.5, 0.6) is 0 Å². The summed E-state index contributed by atoms with van der Waals surface area (Å²) in [5.74, 6) is 0.873. The van der Waals surface area contributed by atoms with E-state index in [4.69, 9.17) is 0 Å². The number of hydrogen-bond donors (Lipinski definition) is 0. The van der Waals surface area contributed by atoms with Gasteiger partial charge in [0.05, 0.1) is 6.54 Å². The van der Waals surface area contributed by atoms with Gasteiger partial charge in [-0.05, 0) is 23.8 Å². The SMILES string of the molecule is Fc1ccc(N2CCn3ccnc3C2)c(CBr)c1. The van der Waals surface area contributed by atoms with Crippen LogP contribution < -0.4 is 4.90 Å². The molecule has 18 heavy (non-hydrogen) atoms. The molecule has 0 amide bonds. The molecule has 0 fully saturated rings. The van der Waals surface area contributed by atoms with Crippen molar-refractivity contribution in [2.24, 2.45) is 0 Å². The van der Waals surface area contributed by atoms with Gasteiger partial charge in [-0.3, -0.25) is 0 Å². The average molecular weight is 310 g/mol. The van der Waals surface area contributed by atoms with Gasteiger partial charge in [0.25, 0.3) is 0 Å². The van der Waals surface area contributed by atoms with Crippen LogP contribution in [0.3, 0.4) is 0 Å². The maximum Gasteiger partial charge on any atom is 0.128 e.